The number of aromatic hydroxyl groups is 1. The number of nitrogens with zero attached hydrogens (tertiary/aromatic N) is 2. The first-order valence-electron chi connectivity index (χ1n) is 11.8. The molecule has 2 unspecified atom stereocenters. The SMILES string of the molecule is CNC(C)OC(=N)c1cccc(N/C=C\C(N)N(C(=O)c2cccc(O)c2)C2CCN(C)CC2)c1. The summed E-state index contributed by atoms with van der Waals surface area (Å²) in [7, 11) is 3.84. The van der Waals surface area contributed by atoms with E-state index in [2.05, 4.69) is 22.6 Å². The van der Waals surface area contributed by atoms with Crippen molar-refractivity contribution in [2.24, 2.45) is 5.73 Å². The first-order valence-corrected chi connectivity index (χ1v) is 11.8. The van der Waals surface area contributed by atoms with Crippen molar-refractivity contribution in [1.29, 1.82) is 5.41 Å². The van der Waals surface area contributed by atoms with Crippen LogP contribution in [0.4, 0.5) is 5.69 Å². The third-order valence-electron chi connectivity index (χ3n) is 6.10. The van der Waals surface area contributed by atoms with Gasteiger partial charge in [-0.1, -0.05) is 12.1 Å². The van der Waals surface area contributed by atoms with Crippen molar-refractivity contribution in [3.05, 3.63) is 71.9 Å². The van der Waals surface area contributed by atoms with E-state index in [-0.39, 0.29) is 29.8 Å². The molecule has 0 radical (unpaired) electrons. The van der Waals surface area contributed by atoms with Crippen LogP contribution in [-0.2, 0) is 4.74 Å². The Morgan fingerprint density at radius 1 is 1.23 bits per heavy atom. The van der Waals surface area contributed by atoms with Crippen LogP contribution in [0.15, 0.2) is 60.8 Å². The lowest BCUT2D eigenvalue weighted by molar-refractivity contribution is 0.0524. The van der Waals surface area contributed by atoms with E-state index in [1.165, 1.54) is 6.07 Å². The maximum atomic E-state index is 13.4. The summed E-state index contributed by atoms with van der Waals surface area (Å²) in [5.74, 6) is -0.0938. The Balaban J connectivity index is 1.73. The van der Waals surface area contributed by atoms with E-state index in [9.17, 15) is 9.90 Å². The number of nitrogens with two attached hydrogens (primary N) is 1. The molecule has 9 heteroatoms. The van der Waals surface area contributed by atoms with Gasteiger partial charge in [0.15, 0.2) is 0 Å². The Morgan fingerprint density at radius 3 is 2.60 bits per heavy atom. The predicted octanol–water partition coefficient (Wildman–Crippen LogP) is 2.75. The normalized spacial score (nSPS) is 16.6. The highest BCUT2D eigenvalue weighted by atomic mass is 16.5. The summed E-state index contributed by atoms with van der Waals surface area (Å²) in [6.07, 6.45) is 4.17. The number of anilines is 1. The number of rotatable bonds is 9. The van der Waals surface area contributed by atoms with Gasteiger partial charge in [-0.3, -0.25) is 15.5 Å². The molecule has 0 aromatic heterocycles. The quantitative estimate of drug-likeness (QED) is 0.212. The van der Waals surface area contributed by atoms with Crippen LogP contribution in [0.1, 0.15) is 35.7 Å². The molecule has 3 rings (SSSR count). The zero-order chi connectivity index (χ0) is 25.4. The number of piperidine rings is 1. The molecule has 0 saturated carbocycles. The molecule has 1 amide bonds. The average Bonchev–Trinajstić information content (AvgIpc) is 2.85. The highest BCUT2D eigenvalue weighted by Crippen LogP contribution is 2.22. The van der Waals surface area contributed by atoms with Gasteiger partial charge in [0.2, 0.25) is 5.90 Å². The molecule has 6 N–H and O–H groups in total. The van der Waals surface area contributed by atoms with E-state index in [4.69, 9.17) is 15.9 Å². The molecule has 0 bridgehead atoms. The number of carbonyl (C=O) groups is 1. The second-order valence-electron chi connectivity index (χ2n) is 8.75. The minimum absolute atomic E-state index is 0.00388. The van der Waals surface area contributed by atoms with Gasteiger partial charge in [-0.2, -0.15) is 0 Å². The van der Waals surface area contributed by atoms with Crippen molar-refractivity contribution in [2.75, 3.05) is 32.5 Å². The first kappa shape index (κ1) is 26.2. The van der Waals surface area contributed by atoms with Gasteiger partial charge in [-0.15, -0.1) is 0 Å². The molecule has 0 aliphatic carbocycles. The molecular weight excluding hydrogens is 444 g/mol. The lowest BCUT2D eigenvalue weighted by Gasteiger charge is -2.39. The summed E-state index contributed by atoms with van der Waals surface area (Å²) in [6.45, 7) is 3.60. The number of nitrogens with one attached hydrogen (secondary N) is 3. The minimum atomic E-state index is -0.660. The van der Waals surface area contributed by atoms with Crippen LogP contribution in [0.5, 0.6) is 5.75 Å². The van der Waals surface area contributed by atoms with Crippen molar-refractivity contribution >= 4 is 17.5 Å². The number of amides is 1. The molecule has 2 aromatic rings. The van der Waals surface area contributed by atoms with Gasteiger partial charge in [0.05, 0.1) is 0 Å². The largest absolute Gasteiger partial charge is 0.508 e. The van der Waals surface area contributed by atoms with Crippen LogP contribution in [0.25, 0.3) is 0 Å². The Hall–Kier alpha value is -3.40. The number of hydrogen-bond donors (Lipinski definition) is 5. The van der Waals surface area contributed by atoms with Crippen LogP contribution in [-0.4, -0.2) is 72.3 Å². The van der Waals surface area contributed by atoms with Gasteiger partial charge in [-0.25, -0.2) is 0 Å². The summed E-state index contributed by atoms with van der Waals surface area (Å²) in [5, 5.41) is 24.1. The highest BCUT2D eigenvalue weighted by Gasteiger charge is 2.30. The average molecular weight is 481 g/mol. The number of hydrogen-bond acceptors (Lipinski definition) is 8. The minimum Gasteiger partial charge on any atom is -0.508 e. The number of benzene rings is 2. The smallest absolute Gasteiger partial charge is 0.255 e. The second-order valence-corrected chi connectivity index (χ2v) is 8.75. The van der Waals surface area contributed by atoms with E-state index in [1.807, 2.05) is 25.1 Å². The third kappa shape index (κ3) is 7.29. The molecule has 0 spiro atoms. The topological polar surface area (TPSA) is 127 Å². The molecule has 1 heterocycles. The van der Waals surface area contributed by atoms with E-state index in [0.29, 0.717) is 11.1 Å². The standard InChI is InChI=1S/C26H36N6O3/c1-18(29-2)35-25(28)19-6-4-8-21(16-19)30-13-10-24(27)32(22-11-14-31(3)15-12-22)26(34)20-7-5-9-23(33)17-20/h4-10,13,16-18,22,24,28-30,33H,11-12,14-15,27H2,1-3H3/b13-10-,28-25?. The van der Waals surface area contributed by atoms with Gasteiger partial charge in [-0.05, 0) is 89.4 Å². The van der Waals surface area contributed by atoms with Crippen LogP contribution >= 0.6 is 0 Å². The molecule has 1 saturated heterocycles. The number of carbonyl (C=O) groups excluding carboxylic acids is 1. The number of phenolic OH excluding ortho intramolecular Hbond substituents is 1. The Labute approximate surface area is 207 Å². The monoisotopic (exact) mass is 480 g/mol. The van der Waals surface area contributed by atoms with Crippen LogP contribution < -0.4 is 16.4 Å². The lowest BCUT2D eigenvalue weighted by Crippen LogP contribution is -2.53. The van der Waals surface area contributed by atoms with Gasteiger partial charge in [0.25, 0.3) is 5.91 Å². The molecule has 1 aliphatic rings. The highest BCUT2D eigenvalue weighted by molar-refractivity contribution is 5.95. The molecular formula is C26H36N6O3. The van der Waals surface area contributed by atoms with Crippen molar-refractivity contribution < 1.29 is 14.6 Å². The Morgan fingerprint density at radius 2 is 1.91 bits per heavy atom. The zero-order valence-corrected chi connectivity index (χ0v) is 20.6. The number of ether oxygens (including phenoxy) is 1. The van der Waals surface area contributed by atoms with E-state index < -0.39 is 6.17 Å². The fraction of sp³-hybridized carbons (Fsp3) is 0.385. The van der Waals surface area contributed by atoms with E-state index in [1.54, 1.807) is 48.5 Å². The number of likely N-dealkylation sites (tertiary alicyclic amines) is 1. The van der Waals surface area contributed by atoms with Crippen molar-refractivity contribution in [1.82, 2.24) is 15.1 Å². The Kier molecular flexibility index (Phi) is 9.25. The molecule has 2 atom stereocenters. The van der Waals surface area contributed by atoms with E-state index in [0.717, 1.165) is 31.6 Å². The van der Waals surface area contributed by atoms with Crippen molar-refractivity contribution in [3.8, 4) is 5.75 Å². The van der Waals surface area contributed by atoms with Crippen LogP contribution in [0, 0.1) is 5.41 Å². The molecule has 9 nitrogen and oxygen atoms in total. The third-order valence-corrected chi connectivity index (χ3v) is 6.10. The molecule has 188 valence electrons. The maximum absolute atomic E-state index is 13.4. The lowest BCUT2D eigenvalue weighted by atomic mass is 10.0. The van der Waals surface area contributed by atoms with Gasteiger partial charge in [0, 0.05) is 29.1 Å². The summed E-state index contributed by atoms with van der Waals surface area (Å²) in [4.78, 5) is 17.4. The first-order chi connectivity index (χ1) is 16.8. The maximum Gasteiger partial charge on any atom is 0.255 e. The van der Waals surface area contributed by atoms with Gasteiger partial charge in [0.1, 0.15) is 18.1 Å². The second kappa shape index (κ2) is 12.3. The molecule has 35 heavy (non-hydrogen) atoms. The fourth-order valence-corrected chi connectivity index (χ4v) is 4.00. The van der Waals surface area contributed by atoms with E-state index >= 15 is 0 Å². The summed E-state index contributed by atoms with van der Waals surface area (Å²) in [5.41, 5.74) is 8.32. The summed E-state index contributed by atoms with van der Waals surface area (Å²) < 4.78 is 5.51. The van der Waals surface area contributed by atoms with Crippen molar-refractivity contribution in [3.63, 3.8) is 0 Å². The fourth-order valence-electron chi connectivity index (χ4n) is 4.00. The molecule has 2 aromatic carbocycles. The molecule has 1 aliphatic heterocycles. The van der Waals surface area contributed by atoms with Gasteiger partial charge >= 0.3 is 0 Å². The summed E-state index contributed by atoms with van der Waals surface area (Å²) >= 11 is 0. The van der Waals surface area contributed by atoms with Gasteiger partial charge < -0.3 is 30.7 Å². The zero-order valence-electron chi connectivity index (χ0n) is 20.6. The van der Waals surface area contributed by atoms with Crippen LogP contribution in [0.2, 0.25) is 0 Å². The Bertz CT molecular complexity index is 1040. The molecule has 1 fully saturated rings. The van der Waals surface area contributed by atoms with Crippen molar-refractivity contribution in [2.45, 2.75) is 38.2 Å². The van der Waals surface area contributed by atoms with Crippen LogP contribution in [0.3, 0.4) is 0 Å². The number of phenols is 1. The predicted molar refractivity (Wildman–Crippen MR) is 138 cm³/mol. The summed E-state index contributed by atoms with van der Waals surface area (Å²) in [6, 6.07) is 13.7.